The molecule has 10 heteroatoms. The average molecular weight is 769 g/mol. The summed E-state index contributed by atoms with van der Waals surface area (Å²) in [6.45, 7) is 3.54. The minimum Gasteiger partial charge on any atom is -0.462 e. The number of esters is 2. The summed E-state index contributed by atoms with van der Waals surface area (Å²) in [5.41, 5.74) is 0. The smallest absolute Gasteiger partial charge is 0.462 e. The van der Waals surface area contributed by atoms with Gasteiger partial charge in [0.15, 0.2) is 6.10 Å². The minimum absolute atomic E-state index is 0.0775. The summed E-state index contributed by atoms with van der Waals surface area (Å²) in [7, 11) is -4.79. The molecule has 0 rings (SSSR count). The van der Waals surface area contributed by atoms with Crippen LogP contribution in [0.25, 0.3) is 0 Å². The van der Waals surface area contributed by atoms with E-state index in [1.54, 1.807) is 12.2 Å². The molecule has 0 heterocycles. The fourth-order valence-electron chi connectivity index (χ4n) is 5.74. The van der Waals surface area contributed by atoms with Gasteiger partial charge in [0.1, 0.15) is 6.61 Å². The van der Waals surface area contributed by atoms with Gasteiger partial charge in [0, 0.05) is 12.8 Å². The molecule has 0 bridgehead atoms. The van der Waals surface area contributed by atoms with Crippen molar-refractivity contribution < 1.29 is 43.0 Å². The highest BCUT2D eigenvalue weighted by molar-refractivity contribution is 7.46. The van der Waals surface area contributed by atoms with Crippen LogP contribution in [-0.4, -0.2) is 52.3 Å². The molecular formula is C43H77O9P. The topological polar surface area (TPSA) is 140 Å². The second kappa shape index (κ2) is 38.3. The van der Waals surface area contributed by atoms with Crippen molar-refractivity contribution >= 4 is 19.8 Å². The number of hydrogen-bond acceptors (Lipinski definition) is 7. The molecule has 0 spiro atoms. The number of rotatable bonds is 38. The van der Waals surface area contributed by atoms with E-state index in [0.29, 0.717) is 25.7 Å². The van der Waals surface area contributed by atoms with Gasteiger partial charge in [-0.15, -0.1) is 0 Å². The highest BCUT2D eigenvalue weighted by Gasteiger charge is 2.22. The molecule has 0 aliphatic carbocycles. The van der Waals surface area contributed by atoms with Gasteiger partial charge in [-0.1, -0.05) is 178 Å². The summed E-state index contributed by atoms with van der Waals surface area (Å²) in [4.78, 5) is 42.8. The number of carbonyl (C=O) groups is 2. The molecule has 0 radical (unpaired) electrons. The van der Waals surface area contributed by atoms with Crippen LogP contribution >= 0.6 is 7.82 Å². The molecule has 0 aromatic rings. The van der Waals surface area contributed by atoms with E-state index < -0.39 is 38.6 Å². The Morgan fingerprint density at radius 2 is 1.09 bits per heavy atom. The second-order valence-corrected chi connectivity index (χ2v) is 15.4. The molecule has 0 saturated heterocycles. The highest BCUT2D eigenvalue weighted by Crippen LogP contribution is 2.36. The Bertz CT molecular complexity index is 1020. The van der Waals surface area contributed by atoms with Crippen LogP contribution in [0.1, 0.15) is 187 Å². The summed E-state index contributed by atoms with van der Waals surface area (Å²) in [6, 6.07) is 0. The Morgan fingerprint density at radius 3 is 1.68 bits per heavy atom. The van der Waals surface area contributed by atoms with Gasteiger partial charge in [-0.2, -0.15) is 0 Å². The number of aliphatic hydroxyl groups excluding tert-OH is 1. The van der Waals surface area contributed by atoms with E-state index in [0.717, 1.165) is 32.1 Å². The normalized spacial score (nSPS) is 13.5. The number of ether oxygens (including phenoxy) is 2. The van der Waals surface area contributed by atoms with Gasteiger partial charge < -0.3 is 24.4 Å². The molecule has 0 aliphatic rings. The third-order valence-corrected chi connectivity index (χ3v) is 9.42. The summed E-state index contributed by atoms with van der Waals surface area (Å²) in [5, 5.41) is 10.1. The maximum atomic E-state index is 12.4. The summed E-state index contributed by atoms with van der Waals surface area (Å²) < 4.78 is 26.3. The van der Waals surface area contributed by atoms with Gasteiger partial charge >= 0.3 is 19.8 Å². The molecule has 0 aromatic carbocycles. The number of unbranched alkanes of at least 4 members (excludes halogenated alkanes) is 20. The number of aliphatic hydroxyl groups is 1. The molecule has 0 fully saturated rings. The molecule has 1 unspecified atom stereocenters. The molecule has 53 heavy (non-hydrogen) atoms. The van der Waals surface area contributed by atoms with Crippen LogP contribution in [0.3, 0.4) is 0 Å². The fraction of sp³-hybridized carbons (Fsp3) is 0.767. The highest BCUT2D eigenvalue weighted by atomic mass is 31.2. The van der Waals surface area contributed by atoms with Crippen LogP contribution in [0.5, 0.6) is 0 Å². The predicted molar refractivity (Wildman–Crippen MR) is 217 cm³/mol. The number of phosphoric acid groups is 1. The van der Waals surface area contributed by atoms with Crippen molar-refractivity contribution in [3.8, 4) is 0 Å². The summed E-state index contributed by atoms with van der Waals surface area (Å²) in [5.74, 6) is -1.01. The van der Waals surface area contributed by atoms with Crippen LogP contribution in [0.4, 0.5) is 0 Å². The van der Waals surface area contributed by atoms with Crippen molar-refractivity contribution in [1.29, 1.82) is 0 Å². The standard InChI is InChI=1S/C43H77O9P/c1-3-5-7-9-11-13-14-15-16-17-18-19-20-22-24-28-32-36-42(45)50-38-41(39-51-53(47,48)49)52-43(46)37-33-29-25-27-31-35-40(44)34-30-26-23-21-12-10-8-6-4-2/h12,21,25-27,30-31,35,40-41,44H,3-11,13-20,22-24,28-29,32-34,36-39H2,1-2H3,(H2,47,48,49)/b21-12-,27-25+,30-26-,35-31-/t40?,41-/m1/s1. The third-order valence-electron chi connectivity index (χ3n) is 8.93. The number of phosphoric ester groups is 1. The van der Waals surface area contributed by atoms with E-state index >= 15 is 0 Å². The van der Waals surface area contributed by atoms with Gasteiger partial charge in [0.05, 0.1) is 12.7 Å². The van der Waals surface area contributed by atoms with Crippen LogP contribution < -0.4 is 0 Å². The van der Waals surface area contributed by atoms with E-state index in [1.165, 1.54) is 103 Å². The van der Waals surface area contributed by atoms with Crippen LogP contribution in [0.15, 0.2) is 48.6 Å². The van der Waals surface area contributed by atoms with Crippen molar-refractivity contribution in [1.82, 2.24) is 0 Å². The first-order valence-corrected chi connectivity index (χ1v) is 22.6. The maximum Gasteiger partial charge on any atom is 0.469 e. The maximum absolute atomic E-state index is 12.4. The van der Waals surface area contributed by atoms with Gasteiger partial charge in [-0.25, -0.2) is 4.57 Å². The van der Waals surface area contributed by atoms with Gasteiger partial charge in [-0.3, -0.25) is 14.1 Å². The molecule has 0 aromatic heterocycles. The SMILES string of the molecule is CCCCC/C=C\C/C=C\CC(O)/C=C\C=C\CCCC(=O)O[C@H](COC(=O)CCCCCCCCCCCCCCCCCCC)COP(=O)(O)O. The lowest BCUT2D eigenvalue weighted by molar-refractivity contribution is -0.161. The Labute approximate surface area is 323 Å². The van der Waals surface area contributed by atoms with E-state index in [-0.39, 0.29) is 19.4 Å². The molecule has 9 nitrogen and oxygen atoms in total. The van der Waals surface area contributed by atoms with Crippen molar-refractivity contribution in [3.05, 3.63) is 48.6 Å². The van der Waals surface area contributed by atoms with Gasteiger partial charge in [0.25, 0.3) is 0 Å². The minimum atomic E-state index is -4.79. The number of carbonyl (C=O) groups excluding carboxylic acids is 2. The molecule has 308 valence electrons. The van der Waals surface area contributed by atoms with Crippen molar-refractivity contribution in [2.75, 3.05) is 13.2 Å². The third kappa shape index (κ3) is 41.0. The van der Waals surface area contributed by atoms with Gasteiger partial charge in [-0.05, 0) is 44.9 Å². The average Bonchev–Trinajstić information content (AvgIpc) is 3.12. The first-order valence-electron chi connectivity index (χ1n) is 21.0. The molecule has 0 aliphatic heterocycles. The molecule has 3 N–H and O–H groups in total. The lowest BCUT2D eigenvalue weighted by Crippen LogP contribution is -2.29. The quantitative estimate of drug-likeness (QED) is 0.0184. The Morgan fingerprint density at radius 1 is 0.585 bits per heavy atom. The number of allylic oxidation sites excluding steroid dienone is 6. The monoisotopic (exact) mass is 769 g/mol. The zero-order chi connectivity index (χ0) is 39.1. The lowest BCUT2D eigenvalue weighted by atomic mass is 10.0. The van der Waals surface area contributed by atoms with E-state index in [9.17, 15) is 19.3 Å². The molecule has 0 saturated carbocycles. The Kier molecular flexibility index (Phi) is 36.8. The molecular weight excluding hydrogens is 691 g/mol. The first kappa shape index (κ1) is 51.0. The van der Waals surface area contributed by atoms with Crippen molar-refractivity contribution in [2.24, 2.45) is 0 Å². The number of hydrogen-bond donors (Lipinski definition) is 3. The van der Waals surface area contributed by atoms with E-state index in [2.05, 4.69) is 36.6 Å². The second-order valence-electron chi connectivity index (χ2n) is 14.2. The zero-order valence-corrected chi connectivity index (χ0v) is 34.4. The fourth-order valence-corrected chi connectivity index (χ4v) is 6.10. The Balaban J connectivity index is 4.08. The van der Waals surface area contributed by atoms with Crippen LogP contribution in [0, 0.1) is 0 Å². The van der Waals surface area contributed by atoms with Crippen LogP contribution in [-0.2, 0) is 28.2 Å². The Hall–Kier alpha value is -2.03. The summed E-state index contributed by atoms with van der Waals surface area (Å²) in [6.07, 6.45) is 42.9. The van der Waals surface area contributed by atoms with Crippen molar-refractivity contribution in [2.45, 2.75) is 199 Å². The summed E-state index contributed by atoms with van der Waals surface area (Å²) >= 11 is 0. The predicted octanol–water partition coefficient (Wildman–Crippen LogP) is 11.7. The molecule has 0 amide bonds. The first-order chi connectivity index (χ1) is 25.7. The van der Waals surface area contributed by atoms with Gasteiger partial charge in [0.2, 0.25) is 0 Å². The zero-order valence-electron chi connectivity index (χ0n) is 33.5. The van der Waals surface area contributed by atoms with Crippen molar-refractivity contribution in [3.63, 3.8) is 0 Å². The lowest BCUT2D eigenvalue weighted by Gasteiger charge is -2.18. The van der Waals surface area contributed by atoms with E-state index in [4.69, 9.17) is 19.3 Å². The largest absolute Gasteiger partial charge is 0.469 e. The van der Waals surface area contributed by atoms with Crippen LogP contribution in [0.2, 0.25) is 0 Å². The molecule has 2 atom stereocenters. The van der Waals surface area contributed by atoms with E-state index in [1.807, 2.05) is 18.2 Å².